The Balaban J connectivity index is 1.38. The fourth-order valence-corrected chi connectivity index (χ4v) is 6.34. The summed E-state index contributed by atoms with van der Waals surface area (Å²) in [5.41, 5.74) is 2.91. The van der Waals surface area contributed by atoms with E-state index in [1.165, 1.54) is 11.3 Å². The Morgan fingerprint density at radius 1 is 1.12 bits per heavy atom. The number of aryl methyl sites for hydroxylation is 2. The summed E-state index contributed by atoms with van der Waals surface area (Å²) in [5, 5.41) is 10.6. The van der Waals surface area contributed by atoms with Crippen LogP contribution >= 0.6 is 22.9 Å². The van der Waals surface area contributed by atoms with E-state index in [1.54, 1.807) is 11.3 Å². The molecule has 0 N–H and O–H groups in total. The molecule has 6 nitrogen and oxygen atoms in total. The van der Waals surface area contributed by atoms with Crippen molar-refractivity contribution < 1.29 is 4.79 Å². The van der Waals surface area contributed by atoms with Gasteiger partial charge in [-0.1, -0.05) is 29.8 Å². The van der Waals surface area contributed by atoms with Crippen molar-refractivity contribution in [2.75, 3.05) is 13.1 Å². The number of nitrogens with zero attached hydrogens (tertiary/aromatic N) is 5. The number of hydrogen-bond acceptors (Lipinski definition) is 5. The number of aromatic nitrogens is 3. The molecule has 3 aromatic rings. The van der Waals surface area contributed by atoms with E-state index in [9.17, 15) is 4.79 Å². The van der Waals surface area contributed by atoms with E-state index in [1.807, 2.05) is 43.0 Å². The van der Waals surface area contributed by atoms with Gasteiger partial charge in [0.25, 0.3) is 0 Å². The lowest BCUT2D eigenvalue weighted by molar-refractivity contribution is -0.132. The average Bonchev–Trinajstić information content (AvgIpc) is 3.41. The van der Waals surface area contributed by atoms with Crippen LogP contribution in [0.15, 0.2) is 35.3 Å². The van der Waals surface area contributed by atoms with Gasteiger partial charge in [-0.2, -0.15) is 0 Å². The highest BCUT2D eigenvalue weighted by Gasteiger charge is 2.28. The van der Waals surface area contributed by atoms with Gasteiger partial charge in [-0.25, -0.2) is 0 Å². The molecule has 1 saturated heterocycles. The molecule has 0 radical (unpaired) electrons. The SMILES string of the molecule is Cc1nnc2n1-c1sc(CCCCC(=O)N3CCCCC3)cc1C(c1ccccc1Cl)=NC2C. The summed E-state index contributed by atoms with van der Waals surface area (Å²) >= 11 is 8.36. The summed E-state index contributed by atoms with van der Waals surface area (Å²) in [6.07, 6.45) is 7.02. The average molecular weight is 496 g/mol. The van der Waals surface area contributed by atoms with Crippen LogP contribution in [0.5, 0.6) is 0 Å². The minimum atomic E-state index is -0.128. The number of carbonyl (C=O) groups is 1. The molecule has 2 aliphatic heterocycles. The van der Waals surface area contributed by atoms with Gasteiger partial charge in [-0.05, 0) is 64.5 Å². The lowest BCUT2D eigenvalue weighted by Crippen LogP contribution is -2.35. The third-order valence-corrected chi connectivity index (χ3v) is 8.18. The van der Waals surface area contributed by atoms with Crippen molar-refractivity contribution >= 4 is 34.6 Å². The van der Waals surface area contributed by atoms with Crippen molar-refractivity contribution in [1.82, 2.24) is 19.7 Å². The van der Waals surface area contributed by atoms with Crippen LogP contribution in [0.2, 0.25) is 5.02 Å². The highest BCUT2D eigenvalue weighted by molar-refractivity contribution is 7.15. The van der Waals surface area contributed by atoms with Crippen LogP contribution in [0.3, 0.4) is 0 Å². The van der Waals surface area contributed by atoms with E-state index in [2.05, 4.69) is 20.8 Å². The van der Waals surface area contributed by atoms with Gasteiger partial charge in [0.15, 0.2) is 5.82 Å². The second kappa shape index (κ2) is 10.0. The fourth-order valence-electron chi connectivity index (χ4n) is 4.86. The maximum atomic E-state index is 12.5. The van der Waals surface area contributed by atoms with E-state index < -0.39 is 0 Å². The second-order valence-electron chi connectivity index (χ2n) is 9.15. The first kappa shape index (κ1) is 23.2. The fraction of sp³-hybridized carbons (Fsp3) is 0.462. The number of hydrogen-bond donors (Lipinski definition) is 0. The summed E-state index contributed by atoms with van der Waals surface area (Å²) < 4.78 is 2.14. The molecule has 5 rings (SSSR count). The summed E-state index contributed by atoms with van der Waals surface area (Å²) in [4.78, 5) is 20.9. The number of fused-ring (bicyclic) bond motifs is 3. The van der Waals surface area contributed by atoms with Gasteiger partial charge in [0.05, 0.1) is 5.71 Å². The van der Waals surface area contributed by atoms with Crippen LogP contribution in [-0.2, 0) is 11.2 Å². The van der Waals surface area contributed by atoms with E-state index in [4.69, 9.17) is 16.6 Å². The molecule has 2 aliphatic rings. The Morgan fingerprint density at radius 3 is 2.71 bits per heavy atom. The number of aliphatic imine (C=N–C) groups is 1. The molecule has 0 spiro atoms. The minimum Gasteiger partial charge on any atom is -0.343 e. The number of unbranched alkanes of at least 4 members (excludes halogenated alkanes) is 1. The molecule has 1 amide bonds. The largest absolute Gasteiger partial charge is 0.343 e. The Bertz CT molecular complexity index is 1220. The van der Waals surface area contributed by atoms with E-state index in [0.29, 0.717) is 17.4 Å². The molecular weight excluding hydrogens is 466 g/mol. The zero-order valence-electron chi connectivity index (χ0n) is 19.8. The molecule has 34 heavy (non-hydrogen) atoms. The number of rotatable bonds is 6. The first-order valence-electron chi connectivity index (χ1n) is 12.2. The summed E-state index contributed by atoms with van der Waals surface area (Å²) in [6, 6.07) is 9.99. The maximum Gasteiger partial charge on any atom is 0.222 e. The minimum absolute atomic E-state index is 0.128. The number of benzene rings is 1. The van der Waals surface area contributed by atoms with Crippen molar-refractivity contribution in [3.8, 4) is 5.00 Å². The molecule has 1 unspecified atom stereocenters. The van der Waals surface area contributed by atoms with Gasteiger partial charge >= 0.3 is 0 Å². The van der Waals surface area contributed by atoms with E-state index in [0.717, 1.165) is 78.7 Å². The second-order valence-corrected chi connectivity index (χ2v) is 10.7. The third kappa shape index (κ3) is 4.56. The van der Waals surface area contributed by atoms with Crippen LogP contribution in [0.25, 0.3) is 5.00 Å². The quantitative estimate of drug-likeness (QED) is 0.398. The van der Waals surface area contributed by atoms with Gasteiger partial charge in [0.2, 0.25) is 5.91 Å². The zero-order chi connectivity index (χ0) is 23.7. The van der Waals surface area contributed by atoms with Crippen LogP contribution in [0.1, 0.15) is 79.1 Å². The van der Waals surface area contributed by atoms with Gasteiger partial charge < -0.3 is 4.90 Å². The van der Waals surface area contributed by atoms with Crippen molar-refractivity contribution in [2.45, 2.75) is 64.8 Å². The Hall–Kier alpha value is -2.51. The topological polar surface area (TPSA) is 63.4 Å². The lowest BCUT2D eigenvalue weighted by atomic mass is 10.0. The van der Waals surface area contributed by atoms with Gasteiger partial charge in [0.1, 0.15) is 16.9 Å². The van der Waals surface area contributed by atoms with Crippen molar-refractivity contribution in [3.05, 3.63) is 63.0 Å². The van der Waals surface area contributed by atoms with Crippen molar-refractivity contribution in [1.29, 1.82) is 0 Å². The number of halogens is 1. The number of amides is 1. The highest BCUT2D eigenvalue weighted by atomic mass is 35.5. The van der Waals surface area contributed by atoms with Gasteiger partial charge in [-0.15, -0.1) is 21.5 Å². The molecule has 8 heteroatoms. The Morgan fingerprint density at radius 2 is 1.91 bits per heavy atom. The molecule has 1 fully saturated rings. The summed E-state index contributed by atoms with van der Waals surface area (Å²) in [7, 11) is 0. The van der Waals surface area contributed by atoms with Crippen LogP contribution in [-0.4, -0.2) is 44.4 Å². The molecule has 4 heterocycles. The van der Waals surface area contributed by atoms with E-state index in [-0.39, 0.29) is 6.04 Å². The van der Waals surface area contributed by atoms with E-state index >= 15 is 0 Å². The van der Waals surface area contributed by atoms with Crippen LogP contribution < -0.4 is 0 Å². The first-order valence-corrected chi connectivity index (χ1v) is 13.4. The smallest absolute Gasteiger partial charge is 0.222 e. The number of thiophene rings is 1. The molecule has 0 aliphatic carbocycles. The van der Waals surface area contributed by atoms with Gasteiger partial charge in [-0.3, -0.25) is 14.4 Å². The van der Waals surface area contributed by atoms with Crippen LogP contribution in [0.4, 0.5) is 0 Å². The standard InChI is InChI=1S/C26H30ClN5OS/c1-17-25-30-29-18(2)32(25)26-21(24(28-17)20-11-5-6-12-22(20)27)16-19(34-26)10-4-7-13-23(33)31-14-8-3-9-15-31/h5-6,11-12,16-17H,3-4,7-10,13-15H2,1-2H3. The Labute approximate surface area is 209 Å². The molecule has 1 aromatic carbocycles. The van der Waals surface area contributed by atoms with Gasteiger partial charge in [0, 0.05) is 40.5 Å². The molecular formula is C26H30ClN5OS. The van der Waals surface area contributed by atoms with Crippen molar-refractivity contribution in [3.63, 3.8) is 0 Å². The summed E-state index contributed by atoms with van der Waals surface area (Å²) in [5.74, 6) is 2.02. The number of likely N-dealkylation sites (tertiary alicyclic amines) is 1. The Kier molecular flexibility index (Phi) is 6.84. The molecule has 2 aromatic heterocycles. The molecule has 178 valence electrons. The number of carbonyl (C=O) groups excluding carboxylic acids is 1. The highest BCUT2D eigenvalue weighted by Crippen LogP contribution is 2.37. The van der Waals surface area contributed by atoms with Crippen molar-refractivity contribution in [2.24, 2.45) is 4.99 Å². The first-order chi connectivity index (χ1) is 16.5. The normalized spacial score (nSPS) is 17.7. The molecule has 1 atom stereocenters. The molecule has 0 saturated carbocycles. The van der Waals surface area contributed by atoms with Crippen LogP contribution in [0, 0.1) is 6.92 Å². The predicted molar refractivity (Wildman–Crippen MR) is 137 cm³/mol. The summed E-state index contributed by atoms with van der Waals surface area (Å²) in [6.45, 7) is 5.89. The maximum absolute atomic E-state index is 12.5. The number of piperidine rings is 1. The zero-order valence-corrected chi connectivity index (χ0v) is 21.3. The monoisotopic (exact) mass is 495 g/mol. The molecule has 0 bridgehead atoms. The third-order valence-electron chi connectivity index (χ3n) is 6.67. The lowest BCUT2D eigenvalue weighted by Gasteiger charge is -2.26. The predicted octanol–water partition coefficient (Wildman–Crippen LogP) is 5.93.